The molecule has 15 nitrogen and oxygen atoms in total. The summed E-state index contributed by atoms with van der Waals surface area (Å²) in [5.41, 5.74) is -3.46. The van der Waals surface area contributed by atoms with Crippen molar-refractivity contribution < 1.29 is 66.9 Å². The fraction of sp³-hybridized carbons (Fsp3) is 0.565. The van der Waals surface area contributed by atoms with E-state index in [1.165, 1.54) is 20.3 Å². The van der Waals surface area contributed by atoms with Crippen LogP contribution in [0.4, 0.5) is 4.79 Å². The quantitative estimate of drug-likeness (QED) is 0.0668. The number of esters is 1. The van der Waals surface area contributed by atoms with Gasteiger partial charge in [0.15, 0.2) is 38.3 Å². The molecular weight excluding hydrogens is 854 g/mol. The minimum Gasteiger partial charge on any atom is -0.497 e. The number of rotatable bonds is 17. The number of fused-ring (bicyclic) bond motifs is 10. The third-order valence-corrected chi connectivity index (χ3v) is 15.8. The first-order chi connectivity index (χ1) is 30.0. The van der Waals surface area contributed by atoms with E-state index >= 15 is 0 Å². The first-order valence-corrected chi connectivity index (χ1v) is 23.7. The summed E-state index contributed by atoms with van der Waals surface area (Å²) in [6.07, 6.45) is 3.64. The first kappa shape index (κ1) is 51.3. The molecule has 0 unspecified atom stereocenters. The zero-order valence-corrected chi connectivity index (χ0v) is 39.4. The van der Waals surface area contributed by atoms with Gasteiger partial charge in [-0.05, 0) is 80.4 Å². The van der Waals surface area contributed by atoms with Crippen LogP contribution in [0, 0.1) is 24.2 Å². The Balaban J connectivity index is 2.01. The summed E-state index contributed by atoms with van der Waals surface area (Å²) < 4.78 is 59.7. The van der Waals surface area contributed by atoms with E-state index in [0.29, 0.717) is 40.6 Å². The SMILES string of the molecule is C#C[C@H]1Oc2c(Cl)cc(cc2OCOC)[C@@H](NC(=O)OC(C)(C)C)CC(=O)OC[C@H](OCc2ccc(OC)cc2)[C@@](O)(CO)C#CC2=C[C@@H](OCOC)C[C@@]21O[Si](CC)(CC)CC. The largest absolute Gasteiger partial charge is 0.497 e. The summed E-state index contributed by atoms with van der Waals surface area (Å²) in [6.45, 7) is 9.36. The van der Waals surface area contributed by atoms with Crippen molar-refractivity contribution >= 4 is 32.0 Å². The van der Waals surface area contributed by atoms with Crippen molar-refractivity contribution in [2.24, 2.45) is 0 Å². The van der Waals surface area contributed by atoms with Crippen LogP contribution in [0.3, 0.4) is 0 Å². The number of benzene rings is 2. The Bertz CT molecular complexity index is 1980. The Morgan fingerprint density at radius 3 is 2.33 bits per heavy atom. The molecule has 6 atom stereocenters. The standard InChI is InChI=1S/C46H62ClNO14Si/c1-11-39-46(62-63(12-2,13-3)14-4)25-35(58-29-53-8)23-33(46)19-20-45(52,28-49)40(56-26-31-15-17-34(55-10)18-16-31)27-57-41(50)24-37(48-43(51)61-44(5,6)7)32-21-36(47)42(60-39)38(22-32)59-30-54-9/h1,15-18,21-23,35,37,39-40,49,52H,12-14,24-30H2,2-10H3,(H,48,51)/t35-,37+,39-,40+,45+,46-/m1/s1. The first-order valence-electron chi connectivity index (χ1n) is 20.8. The lowest BCUT2D eigenvalue weighted by atomic mass is 9.88. The Morgan fingerprint density at radius 2 is 1.75 bits per heavy atom. The zero-order chi connectivity index (χ0) is 46.4. The maximum atomic E-state index is 13.8. The second-order valence-electron chi connectivity index (χ2n) is 16.2. The maximum absolute atomic E-state index is 13.8. The highest BCUT2D eigenvalue weighted by atomic mass is 35.5. The molecule has 0 saturated carbocycles. The van der Waals surface area contributed by atoms with Crippen molar-refractivity contribution in [2.75, 3.05) is 48.1 Å². The summed E-state index contributed by atoms with van der Waals surface area (Å²) in [4.78, 5) is 27.1. The highest BCUT2D eigenvalue weighted by Gasteiger charge is 2.54. The van der Waals surface area contributed by atoms with Crippen molar-refractivity contribution in [3.8, 4) is 41.4 Å². The molecule has 0 saturated heterocycles. The van der Waals surface area contributed by atoms with E-state index in [1.807, 2.05) is 0 Å². The lowest BCUT2D eigenvalue weighted by Gasteiger charge is -2.44. The van der Waals surface area contributed by atoms with Crippen LogP contribution < -0.4 is 19.5 Å². The van der Waals surface area contributed by atoms with E-state index in [2.05, 4.69) is 43.8 Å². The highest BCUT2D eigenvalue weighted by Crippen LogP contribution is 2.47. The van der Waals surface area contributed by atoms with Crippen molar-refractivity contribution in [1.29, 1.82) is 0 Å². The van der Waals surface area contributed by atoms with Gasteiger partial charge in [0, 0.05) is 26.2 Å². The van der Waals surface area contributed by atoms with Crippen LogP contribution in [0.1, 0.15) is 71.6 Å². The number of nitrogens with one attached hydrogen (secondary N) is 1. The van der Waals surface area contributed by atoms with Crippen molar-refractivity contribution in [2.45, 2.75) is 120 Å². The summed E-state index contributed by atoms with van der Waals surface area (Å²) in [5, 5.41) is 26.0. The molecule has 3 N–H and O–H groups in total. The lowest BCUT2D eigenvalue weighted by molar-refractivity contribution is -0.161. The highest BCUT2D eigenvalue weighted by molar-refractivity contribution is 6.73. The molecule has 63 heavy (non-hydrogen) atoms. The maximum Gasteiger partial charge on any atom is 0.408 e. The van der Waals surface area contributed by atoms with E-state index in [1.54, 1.807) is 64.3 Å². The monoisotopic (exact) mass is 915 g/mol. The number of ether oxygens (including phenoxy) is 9. The van der Waals surface area contributed by atoms with E-state index < -0.39 is 81.2 Å². The smallest absolute Gasteiger partial charge is 0.408 e. The zero-order valence-electron chi connectivity index (χ0n) is 37.7. The number of methoxy groups -OCH3 is 3. The molecule has 2 heterocycles. The van der Waals surface area contributed by atoms with Gasteiger partial charge >= 0.3 is 12.1 Å². The average molecular weight is 917 g/mol. The molecule has 2 aromatic rings. The number of hydrogen-bond acceptors (Lipinski definition) is 14. The number of aliphatic hydroxyl groups excluding tert-OH is 1. The summed E-state index contributed by atoms with van der Waals surface area (Å²) in [7, 11) is 1.83. The number of hydrogen-bond donors (Lipinski definition) is 3. The number of halogens is 1. The Labute approximate surface area is 377 Å². The Morgan fingerprint density at radius 1 is 1.06 bits per heavy atom. The Hall–Kier alpha value is -4.33. The van der Waals surface area contributed by atoms with E-state index in [9.17, 15) is 19.8 Å². The molecule has 3 aliphatic rings. The summed E-state index contributed by atoms with van der Waals surface area (Å²) in [5.74, 6) is 8.63. The predicted octanol–water partition coefficient (Wildman–Crippen LogP) is 6.62. The molecule has 17 heteroatoms. The fourth-order valence-electron chi connectivity index (χ4n) is 7.21. The summed E-state index contributed by atoms with van der Waals surface area (Å²) in [6, 6.07) is 11.1. The second kappa shape index (κ2) is 23.0. The Kier molecular flexibility index (Phi) is 18.8. The van der Waals surface area contributed by atoms with Crippen LogP contribution in [0.15, 0.2) is 48.0 Å². The molecule has 5 rings (SSSR count). The third kappa shape index (κ3) is 13.4. The molecule has 0 fully saturated rings. The van der Waals surface area contributed by atoms with Crippen LogP contribution in [0.25, 0.3) is 0 Å². The topological polar surface area (TPSA) is 179 Å². The molecule has 2 aromatic carbocycles. The number of amides is 1. The van der Waals surface area contributed by atoms with Crippen molar-refractivity contribution in [3.63, 3.8) is 0 Å². The molecule has 0 spiro atoms. The third-order valence-electron chi connectivity index (χ3n) is 10.9. The van der Waals surface area contributed by atoms with E-state index in [-0.39, 0.29) is 43.1 Å². The van der Waals surface area contributed by atoms with Gasteiger partial charge in [-0.25, -0.2) is 4.79 Å². The number of terminal acetylenes is 1. The van der Waals surface area contributed by atoms with Gasteiger partial charge in [-0.1, -0.05) is 62.3 Å². The molecule has 1 aliphatic carbocycles. The number of carbonyl (C=O) groups excluding carboxylic acids is 2. The second-order valence-corrected chi connectivity index (χ2v) is 21.3. The van der Waals surface area contributed by atoms with Crippen LogP contribution in [0.2, 0.25) is 23.2 Å². The fourth-order valence-corrected chi connectivity index (χ4v) is 10.5. The lowest BCUT2D eigenvalue weighted by Crippen LogP contribution is -2.56. The molecule has 0 radical (unpaired) electrons. The number of carbonyl (C=O) groups is 2. The molecule has 346 valence electrons. The number of aliphatic hydroxyl groups is 2. The molecule has 0 aromatic heterocycles. The van der Waals surface area contributed by atoms with Crippen molar-refractivity contribution in [3.05, 3.63) is 64.2 Å². The van der Waals surface area contributed by atoms with Gasteiger partial charge in [0.2, 0.25) is 0 Å². The molecule has 2 bridgehead atoms. The van der Waals surface area contributed by atoms with Crippen LogP contribution in [0.5, 0.6) is 17.2 Å². The number of alkyl carbamates (subject to hydrolysis) is 1. The summed E-state index contributed by atoms with van der Waals surface area (Å²) >= 11 is 7.07. The van der Waals surface area contributed by atoms with Gasteiger partial charge in [-0.15, -0.1) is 6.42 Å². The predicted molar refractivity (Wildman–Crippen MR) is 237 cm³/mol. The van der Waals surface area contributed by atoms with E-state index in [4.69, 9.17) is 65.1 Å². The molecule has 1 amide bonds. The van der Waals surface area contributed by atoms with Gasteiger partial charge in [-0.3, -0.25) is 4.79 Å². The van der Waals surface area contributed by atoms with Gasteiger partial charge < -0.3 is 62.6 Å². The minimum atomic E-state index is -2.64. The van der Waals surface area contributed by atoms with Gasteiger partial charge in [0.05, 0.1) is 43.9 Å². The van der Waals surface area contributed by atoms with E-state index in [0.717, 1.165) is 0 Å². The van der Waals surface area contributed by atoms with Crippen LogP contribution in [-0.4, -0.2) is 114 Å². The van der Waals surface area contributed by atoms with Gasteiger partial charge in [0.25, 0.3) is 0 Å². The molecule has 2 aliphatic heterocycles. The van der Waals surface area contributed by atoms with Gasteiger partial charge in [-0.2, -0.15) is 0 Å². The minimum absolute atomic E-state index is 0.00972. The van der Waals surface area contributed by atoms with Crippen LogP contribution >= 0.6 is 11.6 Å². The normalized spacial score (nSPS) is 24.0. The van der Waals surface area contributed by atoms with Crippen molar-refractivity contribution in [1.82, 2.24) is 5.32 Å². The molecular formula is C46H62ClNO14Si. The van der Waals surface area contributed by atoms with Gasteiger partial charge in [0.1, 0.15) is 36.5 Å². The average Bonchev–Trinajstić information content (AvgIpc) is 3.61. The van der Waals surface area contributed by atoms with Crippen LogP contribution in [-0.2, 0) is 44.2 Å².